The number of hydrogen-bond acceptors (Lipinski definition) is 2. The van der Waals surface area contributed by atoms with Gasteiger partial charge in [0.15, 0.2) is 0 Å². The van der Waals surface area contributed by atoms with Gasteiger partial charge in [0.2, 0.25) is 0 Å². The summed E-state index contributed by atoms with van der Waals surface area (Å²) in [5, 5.41) is 3.63. The molecule has 0 saturated heterocycles. The molecule has 1 aromatic carbocycles. The van der Waals surface area contributed by atoms with Gasteiger partial charge in [-0.05, 0) is 51.8 Å². The molecule has 1 aromatic rings. The first-order valence-electron chi connectivity index (χ1n) is 7.08. The van der Waals surface area contributed by atoms with Crippen molar-refractivity contribution in [3.63, 3.8) is 0 Å². The SMILES string of the molecule is Cc1ccc(C(C)NCCN(C)C2CC2)c(C)c1. The summed E-state index contributed by atoms with van der Waals surface area (Å²) in [6.07, 6.45) is 2.78. The van der Waals surface area contributed by atoms with E-state index in [9.17, 15) is 0 Å². The van der Waals surface area contributed by atoms with Crippen molar-refractivity contribution >= 4 is 0 Å². The Kier molecular flexibility index (Phi) is 4.41. The van der Waals surface area contributed by atoms with Crippen LogP contribution in [0, 0.1) is 13.8 Å². The van der Waals surface area contributed by atoms with E-state index in [-0.39, 0.29) is 0 Å². The molecule has 1 aliphatic rings. The van der Waals surface area contributed by atoms with E-state index >= 15 is 0 Å². The highest BCUT2D eigenvalue weighted by Crippen LogP contribution is 2.24. The number of rotatable bonds is 6. The van der Waals surface area contributed by atoms with E-state index in [4.69, 9.17) is 0 Å². The van der Waals surface area contributed by atoms with Crippen molar-refractivity contribution in [1.29, 1.82) is 0 Å². The molecule has 1 fully saturated rings. The third-order valence-electron chi connectivity index (χ3n) is 3.98. The standard InChI is InChI=1S/C16H26N2/c1-12-5-8-16(13(2)11-12)14(3)17-9-10-18(4)15-6-7-15/h5,8,11,14-15,17H,6-7,9-10H2,1-4H3. The molecule has 18 heavy (non-hydrogen) atoms. The summed E-state index contributed by atoms with van der Waals surface area (Å²) in [4.78, 5) is 2.47. The summed E-state index contributed by atoms with van der Waals surface area (Å²) in [6.45, 7) is 8.84. The highest BCUT2D eigenvalue weighted by Gasteiger charge is 2.25. The van der Waals surface area contributed by atoms with Gasteiger partial charge in [-0.25, -0.2) is 0 Å². The van der Waals surface area contributed by atoms with Gasteiger partial charge in [-0.2, -0.15) is 0 Å². The molecular formula is C16H26N2. The third kappa shape index (κ3) is 3.56. The largest absolute Gasteiger partial charge is 0.309 e. The predicted molar refractivity (Wildman–Crippen MR) is 78.0 cm³/mol. The average Bonchev–Trinajstić information content (AvgIpc) is 3.12. The van der Waals surface area contributed by atoms with Crippen LogP contribution in [-0.2, 0) is 0 Å². The molecule has 0 aromatic heterocycles. The first kappa shape index (κ1) is 13.6. The van der Waals surface area contributed by atoms with Gasteiger partial charge >= 0.3 is 0 Å². The lowest BCUT2D eigenvalue weighted by atomic mass is 10.0. The number of hydrogen-bond donors (Lipinski definition) is 1. The highest BCUT2D eigenvalue weighted by atomic mass is 15.2. The van der Waals surface area contributed by atoms with Gasteiger partial charge in [-0.15, -0.1) is 0 Å². The molecule has 0 spiro atoms. The Morgan fingerprint density at radius 1 is 1.33 bits per heavy atom. The average molecular weight is 246 g/mol. The van der Waals surface area contributed by atoms with E-state index in [1.54, 1.807) is 0 Å². The topological polar surface area (TPSA) is 15.3 Å². The fourth-order valence-corrected chi connectivity index (χ4v) is 2.58. The Morgan fingerprint density at radius 2 is 2.06 bits per heavy atom. The van der Waals surface area contributed by atoms with Crippen LogP contribution in [0.4, 0.5) is 0 Å². The maximum atomic E-state index is 3.63. The summed E-state index contributed by atoms with van der Waals surface area (Å²) in [6, 6.07) is 8.04. The van der Waals surface area contributed by atoms with E-state index in [0.717, 1.165) is 19.1 Å². The minimum atomic E-state index is 0.443. The molecule has 1 saturated carbocycles. The maximum absolute atomic E-state index is 3.63. The molecule has 1 N–H and O–H groups in total. The first-order chi connectivity index (χ1) is 8.58. The summed E-state index contributed by atoms with van der Waals surface area (Å²) < 4.78 is 0. The van der Waals surface area contributed by atoms with Crippen LogP contribution in [0.5, 0.6) is 0 Å². The highest BCUT2D eigenvalue weighted by molar-refractivity contribution is 5.32. The van der Waals surface area contributed by atoms with Crippen LogP contribution in [0.25, 0.3) is 0 Å². The Hall–Kier alpha value is -0.860. The lowest BCUT2D eigenvalue weighted by molar-refractivity contribution is 0.316. The summed E-state index contributed by atoms with van der Waals surface area (Å²) in [7, 11) is 2.24. The van der Waals surface area contributed by atoms with Crippen LogP contribution in [-0.4, -0.2) is 31.1 Å². The molecule has 1 atom stereocenters. The monoisotopic (exact) mass is 246 g/mol. The Bertz CT molecular complexity index is 396. The Balaban J connectivity index is 1.81. The molecular weight excluding hydrogens is 220 g/mol. The van der Waals surface area contributed by atoms with Gasteiger partial charge in [-0.1, -0.05) is 23.8 Å². The molecule has 0 amide bonds. The molecule has 0 bridgehead atoms. The van der Waals surface area contributed by atoms with E-state index in [1.807, 2.05) is 0 Å². The smallest absolute Gasteiger partial charge is 0.0294 e. The Labute approximate surface area is 111 Å². The third-order valence-corrected chi connectivity index (χ3v) is 3.98. The second-order valence-electron chi connectivity index (χ2n) is 5.75. The number of nitrogens with zero attached hydrogens (tertiary/aromatic N) is 1. The molecule has 1 aliphatic carbocycles. The quantitative estimate of drug-likeness (QED) is 0.830. The zero-order valence-corrected chi connectivity index (χ0v) is 12.2. The van der Waals surface area contributed by atoms with E-state index in [1.165, 1.54) is 29.5 Å². The number of likely N-dealkylation sites (N-methyl/N-ethyl adjacent to an activating group) is 1. The molecule has 0 heterocycles. The van der Waals surface area contributed by atoms with Gasteiger partial charge in [-0.3, -0.25) is 0 Å². The maximum Gasteiger partial charge on any atom is 0.0294 e. The summed E-state index contributed by atoms with van der Waals surface area (Å²) in [5.74, 6) is 0. The molecule has 2 rings (SSSR count). The van der Waals surface area contributed by atoms with Gasteiger partial charge in [0.05, 0.1) is 0 Å². The second-order valence-corrected chi connectivity index (χ2v) is 5.75. The molecule has 0 aliphatic heterocycles. The number of aryl methyl sites for hydroxylation is 2. The van der Waals surface area contributed by atoms with Crippen LogP contribution in [0.2, 0.25) is 0 Å². The van der Waals surface area contributed by atoms with Crippen molar-refractivity contribution in [2.24, 2.45) is 0 Å². The fraction of sp³-hybridized carbons (Fsp3) is 0.625. The van der Waals surface area contributed by atoms with Crippen LogP contribution >= 0.6 is 0 Å². The van der Waals surface area contributed by atoms with Crippen LogP contribution in [0.15, 0.2) is 18.2 Å². The van der Waals surface area contributed by atoms with Crippen molar-refractivity contribution in [2.45, 2.75) is 45.7 Å². The van der Waals surface area contributed by atoms with Crippen LogP contribution < -0.4 is 5.32 Å². The van der Waals surface area contributed by atoms with Crippen molar-refractivity contribution < 1.29 is 0 Å². The minimum Gasteiger partial charge on any atom is -0.309 e. The predicted octanol–water partition coefficient (Wildman–Crippen LogP) is 3.05. The van der Waals surface area contributed by atoms with E-state index in [2.05, 4.69) is 56.2 Å². The molecule has 2 nitrogen and oxygen atoms in total. The Morgan fingerprint density at radius 3 is 2.67 bits per heavy atom. The number of nitrogens with one attached hydrogen (secondary N) is 1. The van der Waals surface area contributed by atoms with Crippen molar-refractivity contribution in [2.75, 3.05) is 20.1 Å². The molecule has 1 unspecified atom stereocenters. The lowest BCUT2D eigenvalue weighted by Crippen LogP contribution is -2.32. The molecule has 0 radical (unpaired) electrons. The summed E-state index contributed by atoms with van der Waals surface area (Å²) in [5.41, 5.74) is 4.16. The summed E-state index contributed by atoms with van der Waals surface area (Å²) >= 11 is 0. The zero-order chi connectivity index (χ0) is 13.1. The van der Waals surface area contributed by atoms with Gasteiger partial charge in [0.1, 0.15) is 0 Å². The molecule has 2 heteroatoms. The zero-order valence-electron chi connectivity index (χ0n) is 12.2. The molecule has 100 valence electrons. The normalized spacial score (nSPS) is 17.2. The first-order valence-corrected chi connectivity index (χ1v) is 7.08. The van der Waals surface area contributed by atoms with Gasteiger partial charge in [0, 0.05) is 25.2 Å². The van der Waals surface area contributed by atoms with Gasteiger partial charge < -0.3 is 10.2 Å². The van der Waals surface area contributed by atoms with E-state index in [0.29, 0.717) is 6.04 Å². The van der Waals surface area contributed by atoms with Crippen molar-refractivity contribution in [3.05, 3.63) is 34.9 Å². The number of benzene rings is 1. The van der Waals surface area contributed by atoms with E-state index < -0.39 is 0 Å². The minimum absolute atomic E-state index is 0.443. The lowest BCUT2D eigenvalue weighted by Gasteiger charge is -2.20. The van der Waals surface area contributed by atoms with Crippen LogP contribution in [0.3, 0.4) is 0 Å². The second kappa shape index (κ2) is 5.85. The van der Waals surface area contributed by atoms with Crippen LogP contribution in [0.1, 0.15) is 42.5 Å². The van der Waals surface area contributed by atoms with Crippen molar-refractivity contribution in [3.8, 4) is 0 Å². The fourth-order valence-electron chi connectivity index (χ4n) is 2.58. The van der Waals surface area contributed by atoms with Crippen molar-refractivity contribution in [1.82, 2.24) is 10.2 Å². The van der Waals surface area contributed by atoms with Gasteiger partial charge in [0.25, 0.3) is 0 Å².